The maximum absolute atomic E-state index is 10.4. The minimum absolute atomic E-state index is 0.343. The van der Waals surface area contributed by atoms with Crippen molar-refractivity contribution < 1.29 is 5.11 Å². The summed E-state index contributed by atoms with van der Waals surface area (Å²) in [5.74, 6) is 1.40. The average molecular weight is 351 g/mol. The fourth-order valence-corrected chi connectivity index (χ4v) is 3.29. The Labute approximate surface area is 148 Å². The van der Waals surface area contributed by atoms with Crippen LogP contribution in [0.3, 0.4) is 0 Å². The van der Waals surface area contributed by atoms with E-state index in [1.807, 2.05) is 48.1 Å². The van der Waals surface area contributed by atoms with Crippen LogP contribution in [0.25, 0.3) is 22.3 Å². The molecule has 0 aliphatic rings. The first-order chi connectivity index (χ1) is 12.2. The standard InChI is InChI=1S/C18H17N5OS/c1-23-10-13(8-20-23)16(24)9-19-18-14-4-2-3-5-15(14)21-17(22-18)12-6-7-25-11-12/h2-8,10-11,16,24H,9H2,1H3,(H,19,21,22). The fraction of sp³-hybridized carbons (Fsp3) is 0.167. The summed E-state index contributed by atoms with van der Waals surface area (Å²) >= 11 is 1.61. The summed E-state index contributed by atoms with van der Waals surface area (Å²) in [5, 5.41) is 22.7. The Hall–Kier alpha value is -2.77. The summed E-state index contributed by atoms with van der Waals surface area (Å²) in [7, 11) is 1.83. The molecule has 4 aromatic rings. The van der Waals surface area contributed by atoms with E-state index in [9.17, 15) is 5.11 Å². The number of anilines is 1. The number of hydrogen-bond acceptors (Lipinski definition) is 6. The Balaban J connectivity index is 1.65. The minimum Gasteiger partial charge on any atom is -0.386 e. The number of nitrogens with one attached hydrogen (secondary N) is 1. The van der Waals surface area contributed by atoms with Crippen molar-refractivity contribution in [2.45, 2.75) is 6.10 Å². The monoisotopic (exact) mass is 351 g/mol. The summed E-state index contributed by atoms with van der Waals surface area (Å²) in [6.07, 6.45) is 2.81. The molecule has 1 atom stereocenters. The summed E-state index contributed by atoms with van der Waals surface area (Å²) in [4.78, 5) is 9.31. The van der Waals surface area contributed by atoms with E-state index in [0.29, 0.717) is 12.4 Å². The number of hydrogen-bond donors (Lipinski definition) is 2. The molecule has 6 nitrogen and oxygen atoms in total. The second-order valence-electron chi connectivity index (χ2n) is 5.77. The van der Waals surface area contributed by atoms with Gasteiger partial charge in [0.1, 0.15) is 5.82 Å². The summed E-state index contributed by atoms with van der Waals surface area (Å²) in [6, 6.07) is 9.86. The summed E-state index contributed by atoms with van der Waals surface area (Å²) < 4.78 is 1.67. The van der Waals surface area contributed by atoms with E-state index in [1.54, 1.807) is 28.4 Å². The number of thiophene rings is 1. The smallest absolute Gasteiger partial charge is 0.162 e. The quantitative estimate of drug-likeness (QED) is 0.577. The molecule has 0 aliphatic carbocycles. The van der Waals surface area contributed by atoms with Crippen LogP contribution in [-0.4, -0.2) is 31.4 Å². The van der Waals surface area contributed by atoms with E-state index >= 15 is 0 Å². The zero-order valence-electron chi connectivity index (χ0n) is 13.6. The van der Waals surface area contributed by atoms with Gasteiger partial charge in [-0.15, -0.1) is 0 Å². The van der Waals surface area contributed by atoms with E-state index in [1.165, 1.54) is 0 Å². The molecule has 25 heavy (non-hydrogen) atoms. The van der Waals surface area contributed by atoms with Crippen LogP contribution in [0.4, 0.5) is 5.82 Å². The Morgan fingerprint density at radius 3 is 2.88 bits per heavy atom. The number of aromatic nitrogens is 4. The van der Waals surface area contributed by atoms with Gasteiger partial charge in [-0.3, -0.25) is 4.68 Å². The van der Waals surface area contributed by atoms with Gasteiger partial charge in [0.2, 0.25) is 0 Å². The number of para-hydroxylation sites is 1. The molecule has 0 radical (unpaired) electrons. The Morgan fingerprint density at radius 1 is 1.24 bits per heavy atom. The molecule has 1 unspecified atom stereocenters. The molecule has 1 aromatic carbocycles. The summed E-state index contributed by atoms with van der Waals surface area (Å²) in [5.41, 5.74) is 2.63. The molecule has 2 N–H and O–H groups in total. The van der Waals surface area contributed by atoms with Crippen LogP contribution in [0.5, 0.6) is 0 Å². The number of aliphatic hydroxyl groups excluding tert-OH is 1. The highest BCUT2D eigenvalue weighted by Gasteiger charge is 2.13. The number of fused-ring (bicyclic) bond motifs is 1. The lowest BCUT2D eigenvalue weighted by molar-refractivity contribution is 0.191. The van der Waals surface area contributed by atoms with Crippen molar-refractivity contribution in [3.8, 4) is 11.4 Å². The van der Waals surface area contributed by atoms with E-state index < -0.39 is 6.10 Å². The van der Waals surface area contributed by atoms with Crippen molar-refractivity contribution in [3.63, 3.8) is 0 Å². The van der Waals surface area contributed by atoms with E-state index in [2.05, 4.69) is 20.4 Å². The zero-order valence-corrected chi connectivity index (χ0v) is 14.4. The molecule has 0 saturated carbocycles. The highest BCUT2D eigenvalue weighted by molar-refractivity contribution is 7.08. The van der Waals surface area contributed by atoms with E-state index in [-0.39, 0.29) is 0 Å². The molecule has 4 rings (SSSR count). The van der Waals surface area contributed by atoms with Crippen molar-refractivity contribution in [2.24, 2.45) is 7.05 Å². The molecular weight excluding hydrogens is 334 g/mol. The topological polar surface area (TPSA) is 75.9 Å². The SMILES string of the molecule is Cn1cc(C(O)CNc2nc(-c3ccsc3)nc3ccccc23)cn1. The molecular formula is C18H17N5OS. The van der Waals surface area contributed by atoms with Gasteiger partial charge >= 0.3 is 0 Å². The minimum atomic E-state index is -0.660. The molecule has 3 heterocycles. The third-order valence-corrected chi connectivity index (χ3v) is 4.64. The zero-order chi connectivity index (χ0) is 17.2. The van der Waals surface area contributed by atoms with Crippen molar-refractivity contribution in [1.82, 2.24) is 19.7 Å². The predicted molar refractivity (Wildman–Crippen MR) is 99.5 cm³/mol. The van der Waals surface area contributed by atoms with E-state index in [4.69, 9.17) is 0 Å². The van der Waals surface area contributed by atoms with Gasteiger partial charge in [-0.25, -0.2) is 9.97 Å². The van der Waals surface area contributed by atoms with Crippen LogP contribution >= 0.6 is 11.3 Å². The van der Waals surface area contributed by atoms with Gasteiger partial charge in [-0.1, -0.05) is 12.1 Å². The first-order valence-electron chi connectivity index (χ1n) is 7.90. The van der Waals surface area contributed by atoms with Gasteiger partial charge in [0.15, 0.2) is 5.82 Å². The molecule has 7 heteroatoms. The van der Waals surface area contributed by atoms with Gasteiger partial charge in [-0.05, 0) is 23.6 Å². The molecule has 0 fully saturated rings. The molecule has 0 spiro atoms. The van der Waals surface area contributed by atoms with Gasteiger partial charge in [-0.2, -0.15) is 16.4 Å². The number of rotatable bonds is 5. The van der Waals surface area contributed by atoms with Crippen LogP contribution in [0.1, 0.15) is 11.7 Å². The number of benzene rings is 1. The Bertz CT molecular complexity index is 996. The third-order valence-electron chi connectivity index (χ3n) is 3.96. The number of aryl methyl sites for hydroxylation is 1. The van der Waals surface area contributed by atoms with Crippen LogP contribution < -0.4 is 5.32 Å². The lowest BCUT2D eigenvalue weighted by atomic mass is 10.2. The first-order valence-corrected chi connectivity index (χ1v) is 8.85. The lowest BCUT2D eigenvalue weighted by Crippen LogP contribution is -2.13. The second kappa shape index (κ2) is 6.62. The molecule has 3 aromatic heterocycles. The summed E-state index contributed by atoms with van der Waals surface area (Å²) in [6.45, 7) is 0.343. The number of nitrogens with zero attached hydrogens (tertiary/aromatic N) is 4. The van der Waals surface area contributed by atoms with Crippen LogP contribution in [-0.2, 0) is 7.05 Å². The largest absolute Gasteiger partial charge is 0.386 e. The van der Waals surface area contributed by atoms with Crippen molar-refractivity contribution in [1.29, 1.82) is 0 Å². The normalized spacial score (nSPS) is 12.4. The van der Waals surface area contributed by atoms with Crippen molar-refractivity contribution >= 4 is 28.1 Å². The van der Waals surface area contributed by atoms with Crippen LogP contribution in [0.15, 0.2) is 53.5 Å². The van der Waals surface area contributed by atoms with Crippen molar-refractivity contribution in [2.75, 3.05) is 11.9 Å². The highest BCUT2D eigenvalue weighted by Crippen LogP contribution is 2.26. The predicted octanol–water partition coefficient (Wildman–Crippen LogP) is 3.24. The molecule has 0 aliphatic heterocycles. The molecule has 0 saturated heterocycles. The van der Waals surface area contributed by atoms with Gasteiger partial charge in [0, 0.05) is 41.7 Å². The fourth-order valence-electron chi connectivity index (χ4n) is 2.66. The Kier molecular flexibility index (Phi) is 4.17. The second-order valence-corrected chi connectivity index (χ2v) is 6.55. The Morgan fingerprint density at radius 2 is 2.12 bits per heavy atom. The maximum atomic E-state index is 10.4. The first kappa shape index (κ1) is 15.7. The average Bonchev–Trinajstić information content (AvgIpc) is 3.31. The third kappa shape index (κ3) is 3.24. The van der Waals surface area contributed by atoms with E-state index in [0.717, 1.165) is 27.8 Å². The maximum Gasteiger partial charge on any atom is 0.162 e. The molecule has 126 valence electrons. The molecule has 0 bridgehead atoms. The van der Waals surface area contributed by atoms with Gasteiger partial charge < -0.3 is 10.4 Å². The van der Waals surface area contributed by atoms with Crippen LogP contribution in [0, 0.1) is 0 Å². The molecule has 0 amide bonds. The number of aliphatic hydroxyl groups is 1. The lowest BCUT2D eigenvalue weighted by Gasteiger charge is -2.13. The van der Waals surface area contributed by atoms with Gasteiger partial charge in [0.25, 0.3) is 0 Å². The van der Waals surface area contributed by atoms with Crippen molar-refractivity contribution in [3.05, 3.63) is 59.0 Å². The highest BCUT2D eigenvalue weighted by atomic mass is 32.1. The van der Waals surface area contributed by atoms with Crippen LogP contribution in [0.2, 0.25) is 0 Å². The van der Waals surface area contributed by atoms with Gasteiger partial charge in [0.05, 0.1) is 17.8 Å².